The predicted octanol–water partition coefficient (Wildman–Crippen LogP) is 0.493. The molecule has 0 bridgehead atoms. The second kappa shape index (κ2) is 8.38. The fraction of sp³-hybridized carbons (Fsp3) is 0.929. The SMILES string of the molecule is CN1CCCN(CCCN=C(N(C)C)N(C)C)CC1. The lowest BCUT2D eigenvalue weighted by molar-refractivity contribution is 0.275. The molecule has 5 nitrogen and oxygen atoms in total. The predicted molar refractivity (Wildman–Crippen MR) is 82.8 cm³/mol. The molecule has 19 heavy (non-hydrogen) atoms. The lowest BCUT2D eigenvalue weighted by Crippen LogP contribution is -2.35. The Kier molecular flexibility index (Phi) is 7.16. The Hall–Kier alpha value is -0.810. The molecule has 0 saturated carbocycles. The van der Waals surface area contributed by atoms with Crippen LogP contribution in [0.15, 0.2) is 4.99 Å². The molecule has 0 aromatic rings. The summed E-state index contributed by atoms with van der Waals surface area (Å²) in [5, 5.41) is 0. The van der Waals surface area contributed by atoms with Crippen LogP contribution in [-0.2, 0) is 0 Å². The maximum Gasteiger partial charge on any atom is 0.195 e. The van der Waals surface area contributed by atoms with Gasteiger partial charge in [0.15, 0.2) is 5.96 Å². The largest absolute Gasteiger partial charge is 0.349 e. The Bertz CT molecular complexity index is 265. The number of guanidine groups is 1. The topological polar surface area (TPSA) is 25.3 Å². The van der Waals surface area contributed by atoms with Gasteiger partial charge in [0.2, 0.25) is 0 Å². The molecule has 1 aliphatic rings. The first kappa shape index (κ1) is 16.2. The first-order valence-corrected chi connectivity index (χ1v) is 7.30. The minimum atomic E-state index is 0.915. The van der Waals surface area contributed by atoms with Gasteiger partial charge in [0.25, 0.3) is 0 Å². The van der Waals surface area contributed by atoms with Crippen molar-refractivity contribution >= 4 is 5.96 Å². The molecule has 1 saturated heterocycles. The van der Waals surface area contributed by atoms with Crippen molar-refractivity contribution in [1.82, 2.24) is 19.6 Å². The lowest BCUT2D eigenvalue weighted by atomic mass is 10.3. The molecule has 0 spiro atoms. The van der Waals surface area contributed by atoms with E-state index in [4.69, 9.17) is 0 Å². The van der Waals surface area contributed by atoms with Crippen LogP contribution >= 0.6 is 0 Å². The molecule has 0 radical (unpaired) electrons. The summed E-state index contributed by atoms with van der Waals surface area (Å²) < 4.78 is 0. The summed E-state index contributed by atoms with van der Waals surface area (Å²) in [6.07, 6.45) is 2.44. The van der Waals surface area contributed by atoms with E-state index in [1.54, 1.807) is 0 Å². The molecule has 0 unspecified atom stereocenters. The number of aliphatic imine (C=N–C) groups is 1. The first-order valence-electron chi connectivity index (χ1n) is 7.30. The fourth-order valence-corrected chi connectivity index (χ4v) is 2.48. The monoisotopic (exact) mass is 269 g/mol. The highest BCUT2D eigenvalue weighted by molar-refractivity contribution is 5.79. The van der Waals surface area contributed by atoms with Crippen molar-refractivity contribution in [3.63, 3.8) is 0 Å². The van der Waals surface area contributed by atoms with Gasteiger partial charge in [0.05, 0.1) is 0 Å². The average Bonchev–Trinajstić information content (AvgIpc) is 2.53. The summed E-state index contributed by atoms with van der Waals surface area (Å²) in [6.45, 7) is 6.96. The van der Waals surface area contributed by atoms with E-state index in [9.17, 15) is 0 Å². The van der Waals surface area contributed by atoms with E-state index in [0.29, 0.717) is 0 Å². The molecule has 5 heteroatoms. The number of rotatable bonds is 4. The third-order valence-corrected chi connectivity index (χ3v) is 3.50. The minimum absolute atomic E-state index is 0.915. The summed E-state index contributed by atoms with van der Waals surface area (Å²) in [4.78, 5) is 13.8. The molecular weight excluding hydrogens is 238 g/mol. The van der Waals surface area contributed by atoms with E-state index in [1.165, 1.54) is 39.1 Å². The van der Waals surface area contributed by atoms with Crippen LogP contribution < -0.4 is 0 Å². The average molecular weight is 269 g/mol. The smallest absolute Gasteiger partial charge is 0.195 e. The number of nitrogens with zero attached hydrogens (tertiary/aromatic N) is 5. The molecule has 1 rings (SSSR count). The van der Waals surface area contributed by atoms with Crippen LogP contribution in [0.3, 0.4) is 0 Å². The molecule has 1 aliphatic heterocycles. The molecule has 0 atom stereocenters. The molecule has 0 N–H and O–H groups in total. The van der Waals surface area contributed by atoms with E-state index >= 15 is 0 Å². The lowest BCUT2D eigenvalue weighted by Gasteiger charge is -2.23. The molecule has 0 amide bonds. The van der Waals surface area contributed by atoms with Gasteiger partial charge < -0.3 is 19.6 Å². The van der Waals surface area contributed by atoms with Crippen molar-refractivity contribution in [3.05, 3.63) is 0 Å². The molecule has 1 fully saturated rings. The van der Waals surface area contributed by atoms with Gasteiger partial charge in [0, 0.05) is 47.8 Å². The van der Waals surface area contributed by atoms with Crippen molar-refractivity contribution < 1.29 is 0 Å². The third kappa shape index (κ3) is 6.25. The van der Waals surface area contributed by atoms with Gasteiger partial charge >= 0.3 is 0 Å². The zero-order valence-corrected chi connectivity index (χ0v) is 13.4. The third-order valence-electron chi connectivity index (χ3n) is 3.50. The van der Waals surface area contributed by atoms with Crippen molar-refractivity contribution in [2.45, 2.75) is 12.8 Å². The normalized spacial score (nSPS) is 17.9. The molecular formula is C14H31N5. The van der Waals surface area contributed by atoms with Gasteiger partial charge in [-0.1, -0.05) is 0 Å². The van der Waals surface area contributed by atoms with E-state index in [0.717, 1.165) is 18.9 Å². The number of hydrogen-bond acceptors (Lipinski definition) is 3. The summed E-state index contributed by atoms with van der Waals surface area (Å²) >= 11 is 0. The maximum absolute atomic E-state index is 4.68. The van der Waals surface area contributed by atoms with Crippen molar-refractivity contribution in [1.29, 1.82) is 0 Å². The Labute approximate surface area is 118 Å². The van der Waals surface area contributed by atoms with Crippen molar-refractivity contribution in [2.75, 3.05) is 74.5 Å². The molecule has 0 aromatic carbocycles. The van der Waals surface area contributed by atoms with Gasteiger partial charge in [-0.05, 0) is 39.5 Å². The van der Waals surface area contributed by atoms with Gasteiger partial charge in [-0.3, -0.25) is 4.99 Å². The summed E-state index contributed by atoms with van der Waals surface area (Å²) in [6, 6.07) is 0. The van der Waals surface area contributed by atoms with E-state index < -0.39 is 0 Å². The Balaban J connectivity index is 2.27. The van der Waals surface area contributed by atoms with Crippen LogP contribution in [0.1, 0.15) is 12.8 Å². The number of hydrogen-bond donors (Lipinski definition) is 0. The summed E-state index contributed by atoms with van der Waals surface area (Å²) in [5.41, 5.74) is 0. The van der Waals surface area contributed by atoms with E-state index in [1.807, 2.05) is 28.2 Å². The van der Waals surface area contributed by atoms with E-state index in [-0.39, 0.29) is 0 Å². The van der Waals surface area contributed by atoms with Crippen LogP contribution in [0, 0.1) is 0 Å². The Morgan fingerprint density at radius 3 is 2.32 bits per heavy atom. The van der Waals surface area contributed by atoms with Gasteiger partial charge in [-0.25, -0.2) is 0 Å². The Morgan fingerprint density at radius 2 is 1.68 bits per heavy atom. The van der Waals surface area contributed by atoms with Crippen LogP contribution in [0.4, 0.5) is 0 Å². The van der Waals surface area contributed by atoms with Crippen LogP contribution in [0.25, 0.3) is 0 Å². The quantitative estimate of drug-likeness (QED) is 0.421. The molecule has 0 aromatic heterocycles. The van der Waals surface area contributed by atoms with Gasteiger partial charge in [0.1, 0.15) is 0 Å². The van der Waals surface area contributed by atoms with Crippen LogP contribution in [-0.4, -0.2) is 100 Å². The minimum Gasteiger partial charge on any atom is -0.349 e. The second-order valence-corrected chi connectivity index (χ2v) is 5.82. The fourth-order valence-electron chi connectivity index (χ4n) is 2.48. The van der Waals surface area contributed by atoms with Crippen molar-refractivity contribution in [3.8, 4) is 0 Å². The zero-order chi connectivity index (χ0) is 14.3. The standard InChI is InChI=1S/C14H31N5/c1-16(2)14(17(3)4)15-8-6-10-19-11-7-9-18(5)12-13-19/h6-13H2,1-5H3. The molecule has 0 aliphatic carbocycles. The van der Waals surface area contributed by atoms with Gasteiger partial charge in [-0.2, -0.15) is 0 Å². The highest BCUT2D eigenvalue weighted by atomic mass is 15.3. The summed E-state index contributed by atoms with van der Waals surface area (Å²) in [7, 11) is 10.4. The number of likely N-dealkylation sites (N-methyl/N-ethyl adjacent to an activating group) is 1. The highest BCUT2D eigenvalue weighted by Crippen LogP contribution is 2.02. The van der Waals surface area contributed by atoms with Crippen molar-refractivity contribution in [2.24, 2.45) is 4.99 Å². The van der Waals surface area contributed by atoms with Crippen LogP contribution in [0.2, 0.25) is 0 Å². The Morgan fingerprint density at radius 1 is 1.00 bits per heavy atom. The van der Waals surface area contributed by atoms with E-state index in [2.05, 4.69) is 31.6 Å². The maximum atomic E-state index is 4.68. The molecule has 1 heterocycles. The molecule has 112 valence electrons. The highest BCUT2D eigenvalue weighted by Gasteiger charge is 2.11. The second-order valence-electron chi connectivity index (χ2n) is 5.82. The first-order chi connectivity index (χ1) is 9.00. The zero-order valence-electron chi connectivity index (χ0n) is 13.4. The van der Waals surface area contributed by atoms with Crippen LogP contribution in [0.5, 0.6) is 0 Å². The summed E-state index contributed by atoms with van der Waals surface area (Å²) in [5.74, 6) is 1.05. The van der Waals surface area contributed by atoms with Gasteiger partial charge in [-0.15, -0.1) is 0 Å².